The first-order valence-corrected chi connectivity index (χ1v) is 6.00. The summed E-state index contributed by atoms with van der Waals surface area (Å²) in [7, 11) is 2.99. The molecule has 1 aromatic rings. The molecule has 100 valence electrons. The second-order valence-electron chi connectivity index (χ2n) is 4.28. The third kappa shape index (κ3) is 3.19. The number of aromatic nitrogens is 3. The molecule has 7 heteroatoms. The van der Waals surface area contributed by atoms with Crippen LogP contribution in [0.4, 0.5) is 5.95 Å². The Hall–Kier alpha value is -1.63. The molecule has 0 aliphatic heterocycles. The summed E-state index contributed by atoms with van der Waals surface area (Å²) in [6.45, 7) is 0. The Balaban J connectivity index is 2.03. The van der Waals surface area contributed by atoms with E-state index in [-0.39, 0.29) is 24.2 Å². The molecule has 1 aliphatic carbocycles. The molecule has 1 aromatic heterocycles. The topological polar surface area (TPSA) is 89.4 Å². The predicted molar refractivity (Wildman–Crippen MR) is 64.8 cm³/mol. The molecule has 0 radical (unpaired) electrons. The standard InChI is InChI=1S/C11H18N4O3/c1-17-10-13-9(14-11(15-10)18-2)12-7-3-5-8(16)6-4-7/h7-8,16H,3-6H2,1-2H3,(H,12,13,14,15). The van der Waals surface area contributed by atoms with Crippen molar-refractivity contribution in [2.75, 3.05) is 19.5 Å². The maximum Gasteiger partial charge on any atom is 0.324 e. The molecule has 0 amide bonds. The van der Waals surface area contributed by atoms with Gasteiger partial charge in [-0.2, -0.15) is 9.97 Å². The summed E-state index contributed by atoms with van der Waals surface area (Å²) in [4.78, 5) is 12.2. The highest BCUT2D eigenvalue weighted by molar-refractivity contribution is 5.29. The van der Waals surface area contributed by atoms with Gasteiger partial charge in [0.15, 0.2) is 0 Å². The van der Waals surface area contributed by atoms with Crippen molar-refractivity contribution in [1.82, 2.24) is 15.0 Å². The average Bonchev–Trinajstić information content (AvgIpc) is 2.41. The number of rotatable bonds is 4. The molecule has 1 saturated carbocycles. The summed E-state index contributed by atoms with van der Waals surface area (Å²) < 4.78 is 9.96. The van der Waals surface area contributed by atoms with Crippen LogP contribution in [0.15, 0.2) is 0 Å². The Labute approximate surface area is 106 Å². The molecule has 7 nitrogen and oxygen atoms in total. The lowest BCUT2D eigenvalue weighted by Gasteiger charge is -2.26. The van der Waals surface area contributed by atoms with E-state index in [0.29, 0.717) is 5.95 Å². The van der Waals surface area contributed by atoms with Crippen molar-refractivity contribution in [2.24, 2.45) is 0 Å². The van der Waals surface area contributed by atoms with Gasteiger partial charge in [-0.25, -0.2) is 0 Å². The van der Waals surface area contributed by atoms with Crippen LogP contribution in [0, 0.1) is 0 Å². The molecule has 2 N–H and O–H groups in total. The monoisotopic (exact) mass is 254 g/mol. The molecule has 1 aliphatic rings. The van der Waals surface area contributed by atoms with Crippen molar-refractivity contribution in [1.29, 1.82) is 0 Å². The minimum Gasteiger partial charge on any atom is -0.467 e. The molecule has 0 spiro atoms. The van der Waals surface area contributed by atoms with Gasteiger partial charge in [-0.3, -0.25) is 0 Å². The molecule has 0 atom stereocenters. The van der Waals surface area contributed by atoms with E-state index in [9.17, 15) is 5.11 Å². The zero-order valence-corrected chi connectivity index (χ0v) is 10.6. The van der Waals surface area contributed by atoms with Gasteiger partial charge in [0.25, 0.3) is 0 Å². The summed E-state index contributed by atoms with van der Waals surface area (Å²) >= 11 is 0. The molecule has 2 rings (SSSR count). The molecule has 0 saturated heterocycles. The maximum absolute atomic E-state index is 9.45. The van der Waals surface area contributed by atoms with Crippen LogP contribution in [0.5, 0.6) is 12.0 Å². The van der Waals surface area contributed by atoms with Crippen molar-refractivity contribution in [3.05, 3.63) is 0 Å². The summed E-state index contributed by atoms with van der Waals surface area (Å²) in [5.74, 6) is 0.445. The first kappa shape index (κ1) is 12.8. The molecule has 0 unspecified atom stereocenters. The maximum atomic E-state index is 9.45. The Morgan fingerprint density at radius 1 is 1.00 bits per heavy atom. The highest BCUT2D eigenvalue weighted by Crippen LogP contribution is 2.22. The summed E-state index contributed by atoms with van der Waals surface area (Å²) in [5, 5.41) is 12.7. The van der Waals surface area contributed by atoms with Crippen LogP contribution in [0.3, 0.4) is 0 Å². The fraction of sp³-hybridized carbons (Fsp3) is 0.727. The van der Waals surface area contributed by atoms with Gasteiger partial charge >= 0.3 is 12.0 Å². The second kappa shape index (κ2) is 5.81. The number of nitrogens with zero attached hydrogens (tertiary/aromatic N) is 3. The normalized spacial score (nSPS) is 23.5. The summed E-state index contributed by atoms with van der Waals surface area (Å²) in [5.41, 5.74) is 0. The first-order chi connectivity index (χ1) is 8.71. The molecule has 0 aromatic carbocycles. The first-order valence-electron chi connectivity index (χ1n) is 6.00. The van der Waals surface area contributed by atoms with E-state index < -0.39 is 0 Å². The van der Waals surface area contributed by atoms with E-state index in [1.165, 1.54) is 14.2 Å². The van der Waals surface area contributed by atoms with Crippen LogP contribution in [0.25, 0.3) is 0 Å². The zero-order valence-electron chi connectivity index (χ0n) is 10.6. The van der Waals surface area contributed by atoms with E-state index in [0.717, 1.165) is 25.7 Å². The van der Waals surface area contributed by atoms with Gasteiger partial charge < -0.3 is 19.9 Å². The van der Waals surface area contributed by atoms with E-state index in [1.807, 2.05) is 0 Å². The van der Waals surface area contributed by atoms with Gasteiger partial charge in [0.05, 0.1) is 20.3 Å². The SMILES string of the molecule is COc1nc(NC2CCC(O)CC2)nc(OC)n1. The Kier molecular flexibility index (Phi) is 4.14. The fourth-order valence-electron chi connectivity index (χ4n) is 1.99. The number of methoxy groups -OCH3 is 2. The lowest BCUT2D eigenvalue weighted by molar-refractivity contribution is 0.126. The number of aliphatic hydroxyl groups excluding tert-OH is 1. The molecular weight excluding hydrogens is 236 g/mol. The van der Waals surface area contributed by atoms with Crippen LogP contribution in [0.1, 0.15) is 25.7 Å². The van der Waals surface area contributed by atoms with Gasteiger partial charge in [-0.15, -0.1) is 4.98 Å². The highest BCUT2D eigenvalue weighted by Gasteiger charge is 2.20. The van der Waals surface area contributed by atoms with Crippen molar-refractivity contribution in [3.63, 3.8) is 0 Å². The van der Waals surface area contributed by atoms with Crippen molar-refractivity contribution >= 4 is 5.95 Å². The Morgan fingerprint density at radius 3 is 2.06 bits per heavy atom. The van der Waals surface area contributed by atoms with Crippen LogP contribution in [0.2, 0.25) is 0 Å². The summed E-state index contributed by atoms with van der Waals surface area (Å²) in [6, 6.07) is 0.714. The van der Waals surface area contributed by atoms with Crippen molar-refractivity contribution in [3.8, 4) is 12.0 Å². The van der Waals surface area contributed by atoms with Crippen LogP contribution >= 0.6 is 0 Å². The number of ether oxygens (including phenoxy) is 2. The predicted octanol–water partition coefficient (Wildman–Crippen LogP) is 0.604. The lowest BCUT2D eigenvalue weighted by Crippen LogP contribution is -2.29. The van der Waals surface area contributed by atoms with E-state index in [2.05, 4.69) is 20.3 Å². The van der Waals surface area contributed by atoms with Crippen molar-refractivity contribution in [2.45, 2.75) is 37.8 Å². The van der Waals surface area contributed by atoms with E-state index in [1.54, 1.807) is 0 Å². The van der Waals surface area contributed by atoms with Gasteiger partial charge in [-0.05, 0) is 25.7 Å². The molecule has 18 heavy (non-hydrogen) atoms. The number of hydrogen-bond donors (Lipinski definition) is 2. The van der Waals surface area contributed by atoms with Crippen LogP contribution in [-0.4, -0.2) is 46.4 Å². The molecule has 1 fully saturated rings. The Morgan fingerprint density at radius 2 is 1.56 bits per heavy atom. The minimum absolute atomic E-state index is 0.175. The fourth-order valence-corrected chi connectivity index (χ4v) is 1.99. The molecular formula is C11H18N4O3. The zero-order chi connectivity index (χ0) is 13.0. The highest BCUT2D eigenvalue weighted by atomic mass is 16.5. The molecule has 0 bridgehead atoms. The quantitative estimate of drug-likeness (QED) is 0.813. The van der Waals surface area contributed by atoms with Crippen molar-refractivity contribution < 1.29 is 14.6 Å². The third-order valence-corrected chi connectivity index (χ3v) is 2.99. The van der Waals surface area contributed by atoms with Crippen LogP contribution in [-0.2, 0) is 0 Å². The molecule has 1 heterocycles. The smallest absolute Gasteiger partial charge is 0.324 e. The number of aliphatic hydroxyl groups is 1. The lowest BCUT2D eigenvalue weighted by atomic mass is 9.93. The van der Waals surface area contributed by atoms with E-state index in [4.69, 9.17) is 9.47 Å². The van der Waals surface area contributed by atoms with Crippen LogP contribution < -0.4 is 14.8 Å². The third-order valence-electron chi connectivity index (χ3n) is 2.99. The van der Waals surface area contributed by atoms with Gasteiger partial charge in [0.1, 0.15) is 0 Å². The Bertz CT molecular complexity index is 372. The minimum atomic E-state index is -0.175. The van der Waals surface area contributed by atoms with E-state index >= 15 is 0 Å². The van der Waals surface area contributed by atoms with Gasteiger partial charge in [-0.1, -0.05) is 0 Å². The largest absolute Gasteiger partial charge is 0.467 e. The summed E-state index contributed by atoms with van der Waals surface area (Å²) in [6.07, 6.45) is 3.23. The van der Waals surface area contributed by atoms with Gasteiger partial charge in [0, 0.05) is 6.04 Å². The number of hydrogen-bond acceptors (Lipinski definition) is 7. The average molecular weight is 254 g/mol. The number of nitrogens with one attached hydrogen (secondary N) is 1. The second-order valence-corrected chi connectivity index (χ2v) is 4.28. The van der Waals surface area contributed by atoms with Gasteiger partial charge in [0.2, 0.25) is 5.95 Å². The number of anilines is 1.